The summed E-state index contributed by atoms with van der Waals surface area (Å²) in [6.45, 7) is 4.21. The number of carbonyl (C=O) groups excluding carboxylic acids is 2. The van der Waals surface area contributed by atoms with Gasteiger partial charge in [-0.3, -0.25) is 10.1 Å². The second-order valence-corrected chi connectivity index (χ2v) is 5.23. The number of carbonyl (C=O) groups is 2. The molecule has 122 valence electrons. The highest BCUT2D eigenvalue weighted by atomic mass is 16.3. The van der Waals surface area contributed by atoms with Crippen LogP contribution in [0.25, 0.3) is 0 Å². The smallest absolute Gasteiger partial charge is 0.321 e. The summed E-state index contributed by atoms with van der Waals surface area (Å²) >= 11 is 0. The molecular weight excluding hydrogens is 294 g/mol. The molecule has 0 unspecified atom stereocenters. The third-order valence-electron chi connectivity index (χ3n) is 3.49. The maximum Gasteiger partial charge on any atom is 0.321 e. The molecule has 1 heterocycles. The van der Waals surface area contributed by atoms with Crippen LogP contribution in [-0.4, -0.2) is 18.5 Å². The van der Waals surface area contributed by atoms with Gasteiger partial charge in [0.2, 0.25) is 0 Å². The van der Waals surface area contributed by atoms with Gasteiger partial charge in [0.05, 0.1) is 6.26 Å². The fraction of sp³-hybridized carbons (Fsp3) is 0.294. The largest absolute Gasteiger partial charge is 0.463 e. The van der Waals surface area contributed by atoms with Crippen LogP contribution in [0.2, 0.25) is 0 Å². The monoisotopic (exact) mass is 316 g/mol. The van der Waals surface area contributed by atoms with Crippen LogP contribution in [0.5, 0.6) is 0 Å². The quantitative estimate of drug-likeness (QED) is 0.754. The molecule has 0 spiro atoms. The maximum atomic E-state index is 12.5. The Morgan fingerprint density at radius 2 is 1.91 bits per heavy atom. The average Bonchev–Trinajstić information content (AvgIpc) is 3.07. The minimum Gasteiger partial charge on any atom is -0.463 e. The lowest BCUT2D eigenvalue weighted by atomic mass is 10.0. The van der Waals surface area contributed by atoms with Gasteiger partial charge in [0, 0.05) is 12.1 Å². The van der Waals surface area contributed by atoms with E-state index in [4.69, 9.17) is 4.42 Å². The molecule has 0 aliphatic rings. The number of benzene rings is 1. The van der Waals surface area contributed by atoms with E-state index >= 15 is 0 Å². The first kappa shape index (κ1) is 16.8. The first-order valence-corrected chi connectivity index (χ1v) is 7.63. The number of rotatable bonds is 6. The number of imide groups is 1. The van der Waals surface area contributed by atoms with E-state index in [1.54, 1.807) is 13.2 Å². The van der Waals surface area contributed by atoms with Crippen molar-refractivity contribution in [3.8, 4) is 0 Å². The minimum absolute atomic E-state index is 0.0600. The summed E-state index contributed by atoms with van der Waals surface area (Å²) in [5.74, 6) is 0.414. The molecule has 6 heteroatoms. The van der Waals surface area contributed by atoms with Crippen LogP contribution in [0.3, 0.4) is 0 Å². The lowest BCUT2D eigenvalue weighted by Gasteiger charge is -2.18. The van der Waals surface area contributed by atoms with Crippen molar-refractivity contribution >= 4 is 11.9 Å². The van der Waals surface area contributed by atoms with E-state index in [2.05, 4.69) is 10.6 Å². The third-order valence-corrected chi connectivity index (χ3v) is 3.49. The molecule has 0 saturated heterocycles. The van der Waals surface area contributed by atoms with Crippen molar-refractivity contribution in [1.29, 1.82) is 0 Å². The predicted octanol–water partition coefficient (Wildman–Crippen LogP) is 1.49. The van der Waals surface area contributed by atoms with E-state index in [1.807, 2.05) is 54.7 Å². The van der Waals surface area contributed by atoms with E-state index in [-0.39, 0.29) is 11.9 Å². The van der Waals surface area contributed by atoms with E-state index in [1.165, 1.54) is 0 Å². The molecule has 2 rings (SSSR count). The highest BCUT2D eigenvalue weighted by Gasteiger charge is 2.28. The Morgan fingerprint density at radius 3 is 2.52 bits per heavy atom. The van der Waals surface area contributed by atoms with Crippen molar-refractivity contribution in [3.05, 3.63) is 60.1 Å². The number of nitrogens with one attached hydrogen (secondary N) is 2. The zero-order chi connectivity index (χ0) is 16.7. The van der Waals surface area contributed by atoms with Crippen LogP contribution in [0, 0.1) is 0 Å². The zero-order valence-electron chi connectivity index (χ0n) is 13.3. The molecule has 4 N–H and O–H groups in total. The van der Waals surface area contributed by atoms with Gasteiger partial charge < -0.3 is 15.1 Å². The second-order valence-electron chi connectivity index (χ2n) is 5.23. The number of quaternary nitrogens is 1. The van der Waals surface area contributed by atoms with E-state index in [0.717, 1.165) is 11.3 Å². The van der Waals surface area contributed by atoms with Gasteiger partial charge in [0.1, 0.15) is 6.04 Å². The van der Waals surface area contributed by atoms with Gasteiger partial charge in [0.15, 0.2) is 11.8 Å². The first-order valence-electron chi connectivity index (χ1n) is 7.63. The molecule has 0 aliphatic carbocycles. The van der Waals surface area contributed by atoms with E-state index < -0.39 is 12.1 Å². The Bertz CT molecular complexity index is 626. The molecule has 0 radical (unpaired) electrons. The average molecular weight is 316 g/mol. The zero-order valence-corrected chi connectivity index (χ0v) is 13.3. The van der Waals surface area contributed by atoms with Gasteiger partial charge in [-0.2, -0.15) is 0 Å². The van der Waals surface area contributed by atoms with Gasteiger partial charge in [-0.1, -0.05) is 30.3 Å². The number of urea groups is 1. The molecule has 0 bridgehead atoms. The summed E-state index contributed by atoms with van der Waals surface area (Å²) in [5.41, 5.74) is 0.827. The lowest BCUT2D eigenvalue weighted by Crippen LogP contribution is -2.88. The number of hydrogen-bond donors (Lipinski definition) is 3. The van der Waals surface area contributed by atoms with Gasteiger partial charge in [-0.25, -0.2) is 4.79 Å². The van der Waals surface area contributed by atoms with Crippen molar-refractivity contribution in [1.82, 2.24) is 10.6 Å². The standard InChI is InChI=1S/C17H21N3O3/c1-3-18-17(22)20-16(21)15(13-8-5-4-6-9-13)19-12(2)14-10-7-11-23-14/h4-12,15,19H,3H2,1-2H3,(H2,18,20,21,22)/p+1/t12-,15+/m0/s1. The SMILES string of the molecule is CCNC(=O)NC(=O)[C@H]([NH2+][C@@H](C)c1ccco1)c1ccccc1. The van der Waals surface area contributed by atoms with Crippen LogP contribution >= 0.6 is 0 Å². The summed E-state index contributed by atoms with van der Waals surface area (Å²) in [6, 6.07) is 11.9. The molecule has 2 aromatic rings. The van der Waals surface area contributed by atoms with Crippen molar-refractivity contribution in [3.63, 3.8) is 0 Å². The van der Waals surface area contributed by atoms with Crippen LogP contribution < -0.4 is 16.0 Å². The van der Waals surface area contributed by atoms with Gasteiger partial charge in [-0.05, 0) is 26.0 Å². The van der Waals surface area contributed by atoms with Gasteiger partial charge in [0.25, 0.3) is 5.91 Å². The summed E-state index contributed by atoms with van der Waals surface area (Å²) < 4.78 is 5.39. The summed E-state index contributed by atoms with van der Waals surface area (Å²) in [5, 5.41) is 6.82. The van der Waals surface area contributed by atoms with Crippen LogP contribution in [-0.2, 0) is 4.79 Å². The number of hydrogen-bond acceptors (Lipinski definition) is 3. The number of amides is 3. The normalized spacial score (nSPS) is 13.1. The molecule has 2 atom stereocenters. The Kier molecular flexibility index (Phi) is 5.94. The Morgan fingerprint density at radius 1 is 1.17 bits per heavy atom. The molecule has 3 amide bonds. The molecule has 23 heavy (non-hydrogen) atoms. The summed E-state index contributed by atoms with van der Waals surface area (Å²) in [7, 11) is 0. The van der Waals surface area contributed by atoms with Crippen LogP contribution in [0.1, 0.15) is 37.3 Å². The van der Waals surface area contributed by atoms with Crippen molar-refractivity contribution < 1.29 is 19.3 Å². The predicted molar refractivity (Wildman–Crippen MR) is 85.4 cm³/mol. The summed E-state index contributed by atoms with van der Waals surface area (Å²) in [6.07, 6.45) is 1.60. The Hall–Kier alpha value is -2.60. The van der Waals surface area contributed by atoms with E-state index in [0.29, 0.717) is 6.54 Å². The highest BCUT2D eigenvalue weighted by Crippen LogP contribution is 2.13. The molecule has 0 aliphatic heterocycles. The number of nitrogens with two attached hydrogens (primary N) is 1. The highest BCUT2D eigenvalue weighted by molar-refractivity contribution is 5.96. The molecule has 1 aromatic carbocycles. The lowest BCUT2D eigenvalue weighted by molar-refractivity contribution is -0.720. The molecule has 0 saturated carbocycles. The number of furan rings is 1. The Labute approximate surface area is 135 Å². The topological polar surface area (TPSA) is 88.0 Å². The fourth-order valence-corrected chi connectivity index (χ4v) is 2.34. The van der Waals surface area contributed by atoms with Crippen molar-refractivity contribution in [2.75, 3.05) is 6.54 Å². The van der Waals surface area contributed by atoms with Gasteiger partial charge in [-0.15, -0.1) is 0 Å². The summed E-state index contributed by atoms with van der Waals surface area (Å²) in [4.78, 5) is 24.1. The second kappa shape index (κ2) is 8.14. The minimum atomic E-state index is -0.543. The third kappa shape index (κ3) is 4.69. The fourth-order valence-electron chi connectivity index (χ4n) is 2.34. The maximum absolute atomic E-state index is 12.5. The van der Waals surface area contributed by atoms with E-state index in [9.17, 15) is 9.59 Å². The first-order chi connectivity index (χ1) is 11.1. The molecule has 6 nitrogen and oxygen atoms in total. The van der Waals surface area contributed by atoms with Crippen LogP contribution in [0.4, 0.5) is 4.79 Å². The van der Waals surface area contributed by atoms with Crippen molar-refractivity contribution in [2.45, 2.75) is 25.9 Å². The Balaban J connectivity index is 2.15. The molecule has 0 fully saturated rings. The molecular formula is C17H22N3O3+. The molecule has 1 aromatic heterocycles. The van der Waals surface area contributed by atoms with Crippen LogP contribution in [0.15, 0.2) is 53.1 Å². The van der Waals surface area contributed by atoms with Crippen molar-refractivity contribution in [2.24, 2.45) is 0 Å². The van der Waals surface area contributed by atoms with Gasteiger partial charge >= 0.3 is 6.03 Å².